The average molecular weight is 285 g/mol. The molecule has 0 heterocycles. The summed E-state index contributed by atoms with van der Waals surface area (Å²) < 4.78 is 5.18. The lowest BCUT2D eigenvalue weighted by Crippen LogP contribution is -2.45. The summed E-state index contributed by atoms with van der Waals surface area (Å²) in [6.45, 7) is 15.9. The molecule has 0 atom stereocenters. The van der Waals surface area contributed by atoms with Crippen LogP contribution in [0.4, 0.5) is 0 Å². The number of hydrogen-bond donors (Lipinski definition) is 1. The molecule has 4 heteroatoms. The molecule has 0 aliphatic carbocycles. The van der Waals surface area contributed by atoms with E-state index < -0.39 is 5.60 Å². The van der Waals surface area contributed by atoms with Crippen molar-refractivity contribution in [1.82, 2.24) is 5.32 Å². The van der Waals surface area contributed by atoms with E-state index in [9.17, 15) is 9.59 Å². The Morgan fingerprint density at radius 3 is 1.80 bits per heavy atom. The first kappa shape index (κ1) is 18.9. The monoisotopic (exact) mass is 285 g/mol. The molecule has 0 aromatic rings. The molecule has 0 saturated heterocycles. The SMILES string of the molecule is CC(C)(C)CC(C)(C)NC(=O)CCC(=O)OC(C)(C)C. The summed E-state index contributed by atoms with van der Waals surface area (Å²) in [4.78, 5) is 23.5. The van der Waals surface area contributed by atoms with E-state index in [-0.39, 0.29) is 35.7 Å². The number of hydrogen-bond acceptors (Lipinski definition) is 3. The van der Waals surface area contributed by atoms with Crippen molar-refractivity contribution in [3.63, 3.8) is 0 Å². The smallest absolute Gasteiger partial charge is 0.306 e. The number of ether oxygens (including phenoxy) is 1. The highest BCUT2D eigenvalue weighted by Crippen LogP contribution is 2.26. The van der Waals surface area contributed by atoms with Gasteiger partial charge in [0, 0.05) is 12.0 Å². The molecule has 0 saturated carbocycles. The van der Waals surface area contributed by atoms with Crippen LogP contribution in [-0.4, -0.2) is 23.0 Å². The van der Waals surface area contributed by atoms with Crippen molar-refractivity contribution in [2.45, 2.75) is 85.8 Å². The van der Waals surface area contributed by atoms with Crippen LogP contribution in [0, 0.1) is 5.41 Å². The van der Waals surface area contributed by atoms with Crippen molar-refractivity contribution in [3.8, 4) is 0 Å². The second-order valence-electron chi connectivity index (χ2n) is 8.26. The van der Waals surface area contributed by atoms with Crippen LogP contribution in [0.1, 0.15) is 74.7 Å². The number of esters is 1. The van der Waals surface area contributed by atoms with Crippen LogP contribution in [0.15, 0.2) is 0 Å². The second-order valence-corrected chi connectivity index (χ2v) is 8.26. The van der Waals surface area contributed by atoms with Crippen LogP contribution in [-0.2, 0) is 14.3 Å². The molecule has 0 rings (SSSR count). The Bertz CT molecular complexity index is 346. The fraction of sp³-hybridized carbons (Fsp3) is 0.875. The zero-order valence-electron chi connectivity index (χ0n) is 14.3. The van der Waals surface area contributed by atoms with Gasteiger partial charge in [-0.2, -0.15) is 0 Å². The van der Waals surface area contributed by atoms with Crippen molar-refractivity contribution < 1.29 is 14.3 Å². The lowest BCUT2D eigenvalue weighted by atomic mass is 9.82. The lowest BCUT2D eigenvalue weighted by Gasteiger charge is -2.33. The van der Waals surface area contributed by atoms with Crippen LogP contribution in [0.2, 0.25) is 0 Å². The molecule has 1 N–H and O–H groups in total. The molecule has 1 amide bonds. The third-order valence-corrected chi connectivity index (χ3v) is 2.43. The minimum Gasteiger partial charge on any atom is -0.460 e. The van der Waals surface area contributed by atoms with Crippen LogP contribution >= 0.6 is 0 Å². The van der Waals surface area contributed by atoms with Gasteiger partial charge in [0.05, 0.1) is 6.42 Å². The summed E-state index contributed by atoms with van der Waals surface area (Å²) in [5.74, 6) is -0.439. The molecule has 118 valence electrons. The van der Waals surface area contributed by atoms with Crippen LogP contribution < -0.4 is 5.32 Å². The molecular formula is C16H31NO3. The summed E-state index contributed by atoms with van der Waals surface area (Å²) in [5.41, 5.74) is -0.635. The number of amides is 1. The summed E-state index contributed by atoms with van der Waals surface area (Å²) in [6.07, 6.45) is 1.16. The maximum absolute atomic E-state index is 11.9. The highest BCUT2D eigenvalue weighted by atomic mass is 16.6. The number of rotatable bonds is 5. The molecule has 0 aromatic carbocycles. The van der Waals surface area contributed by atoms with Gasteiger partial charge < -0.3 is 10.1 Å². The van der Waals surface area contributed by atoms with Crippen molar-refractivity contribution in [2.75, 3.05) is 0 Å². The van der Waals surface area contributed by atoms with E-state index in [0.29, 0.717) is 0 Å². The topological polar surface area (TPSA) is 55.4 Å². The third-order valence-electron chi connectivity index (χ3n) is 2.43. The Labute approximate surface area is 123 Å². The van der Waals surface area contributed by atoms with Gasteiger partial charge in [-0.3, -0.25) is 9.59 Å². The van der Waals surface area contributed by atoms with E-state index in [1.54, 1.807) is 0 Å². The first-order valence-electron chi connectivity index (χ1n) is 7.23. The van der Waals surface area contributed by atoms with Gasteiger partial charge in [0.15, 0.2) is 0 Å². The van der Waals surface area contributed by atoms with Gasteiger partial charge in [-0.15, -0.1) is 0 Å². The van der Waals surface area contributed by atoms with E-state index >= 15 is 0 Å². The van der Waals surface area contributed by atoms with Gasteiger partial charge in [-0.1, -0.05) is 20.8 Å². The van der Waals surface area contributed by atoms with E-state index in [1.165, 1.54) is 0 Å². The minimum atomic E-state index is -0.501. The fourth-order valence-electron chi connectivity index (χ4n) is 2.42. The predicted octanol–water partition coefficient (Wildman–Crippen LogP) is 3.44. The highest BCUT2D eigenvalue weighted by Gasteiger charge is 2.27. The van der Waals surface area contributed by atoms with Gasteiger partial charge in [0.25, 0.3) is 0 Å². The van der Waals surface area contributed by atoms with E-state index in [2.05, 4.69) is 26.1 Å². The molecule has 0 radical (unpaired) electrons. The van der Waals surface area contributed by atoms with Crippen molar-refractivity contribution in [3.05, 3.63) is 0 Å². The molecular weight excluding hydrogens is 254 g/mol. The van der Waals surface area contributed by atoms with Gasteiger partial charge in [0.2, 0.25) is 5.91 Å². The summed E-state index contributed by atoms with van der Waals surface area (Å²) in [7, 11) is 0. The van der Waals surface area contributed by atoms with Crippen molar-refractivity contribution in [2.24, 2.45) is 5.41 Å². The lowest BCUT2D eigenvalue weighted by molar-refractivity contribution is -0.155. The Hall–Kier alpha value is -1.06. The molecule has 0 fully saturated rings. The maximum Gasteiger partial charge on any atom is 0.306 e. The summed E-state index contributed by atoms with van der Waals surface area (Å²) in [5, 5.41) is 2.98. The number of carbonyl (C=O) groups is 2. The van der Waals surface area contributed by atoms with Crippen LogP contribution in [0.5, 0.6) is 0 Å². The molecule has 0 aliphatic rings. The van der Waals surface area contributed by atoms with Crippen molar-refractivity contribution >= 4 is 11.9 Å². The normalized spacial score (nSPS) is 13.0. The Morgan fingerprint density at radius 1 is 0.900 bits per heavy atom. The Morgan fingerprint density at radius 2 is 1.40 bits per heavy atom. The Kier molecular flexibility index (Phi) is 6.25. The average Bonchev–Trinajstić information content (AvgIpc) is 2.06. The third kappa shape index (κ3) is 10.8. The Balaban J connectivity index is 4.21. The molecule has 0 spiro atoms. The first-order chi connectivity index (χ1) is 8.70. The van der Waals surface area contributed by atoms with Crippen LogP contribution in [0.3, 0.4) is 0 Å². The van der Waals surface area contributed by atoms with Crippen LogP contribution in [0.25, 0.3) is 0 Å². The molecule has 20 heavy (non-hydrogen) atoms. The van der Waals surface area contributed by atoms with E-state index in [4.69, 9.17) is 4.74 Å². The zero-order valence-corrected chi connectivity index (χ0v) is 14.3. The predicted molar refractivity (Wildman–Crippen MR) is 81.4 cm³/mol. The molecule has 0 aromatic heterocycles. The van der Waals surface area contributed by atoms with E-state index in [0.717, 1.165) is 6.42 Å². The van der Waals surface area contributed by atoms with Gasteiger partial charge >= 0.3 is 5.97 Å². The second kappa shape index (κ2) is 6.59. The van der Waals surface area contributed by atoms with Gasteiger partial charge in [-0.05, 0) is 46.5 Å². The molecule has 0 aliphatic heterocycles. The zero-order chi connectivity index (χ0) is 16.2. The van der Waals surface area contributed by atoms with Gasteiger partial charge in [0.1, 0.15) is 5.60 Å². The minimum absolute atomic E-state index is 0.106. The molecule has 0 bridgehead atoms. The largest absolute Gasteiger partial charge is 0.460 e. The van der Waals surface area contributed by atoms with Gasteiger partial charge in [-0.25, -0.2) is 0 Å². The molecule has 0 unspecified atom stereocenters. The maximum atomic E-state index is 11.9. The highest BCUT2D eigenvalue weighted by molar-refractivity contribution is 5.81. The fourth-order valence-corrected chi connectivity index (χ4v) is 2.42. The standard InChI is InChI=1S/C16H31NO3/c1-14(2,3)11-16(7,8)17-12(18)9-10-13(19)20-15(4,5)6/h9-11H2,1-8H3,(H,17,18). The van der Waals surface area contributed by atoms with E-state index in [1.807, 2.05) is 34.6 Å². The first-order valence-corrected chi connectivity index (χ1v) is 7.23. The van der Waals surface area contributed by atoms with Crippen molar-refractivity contribution in [1.29, 1.82) is 0 Å². The quantitative estimate of drug-likeness (QED) is 0.787. The summed E-state index contributed by atoms with van der Waals surface area (Å²) >= 11 is 0. The summed E-state index contributed by atoms with van der Waals surface area (Å²) in [6, 6.07) is 0. The number of nitrogens with one attached hydrogen (secondary N) is 1. The molecule has 4 nitrogen and oxygen atoms in total. The number of carbonyl (C=O) groups excluding carboxylic acids is 2.